The minimum atomic E-state index is -1.28. The average molecular weight is 857 g/mol. The number of aliphatic hydroxyl groups excluding tert-OH is 1. The number of hydrogen-bond donors (Lipinski definition) is 1. The van der Waals surface area contributed by atoms with E-state index < -0.39 is 30.7 Å². The van der Waals surface area contributed by atoms with Gasteiger partial charge in [-0.2, -0.15) is 0 Å². The normalized spacial score (nSPS) is 38.6. The lowest BCUT2D eigenvalue weighted by molar-refractivity contribution is -0.236. The molecule has 1 N–H and O–H groups in total. The lowest BCUT2D eigenvalue weighted by Crippen LogP contribution is -2.50. The number of hydrogen-bond acceptors (Lipinski definition) is 12. The fourth-order valence-corrected chi connectivity index (χ4v) is 12.4. The van der Waals surface area contributed by atoms with Gasteiger partial charge in [0.2, 0.25) is 0 Å². The van der Waals surface area contributed by atoms with Crippen LogP contribution in [0.1, 0.15) is 92.4 Å². The summed E-state index contributed by atoms with van der Waals surface area (Å²) in [5.74, 6) is -1.05. The lowest BCUT2D eigenvalue weighted by Gasteiger charge is -2.40. The van der Waals surface area contributed by atoms with Gasteiger partial charge >= 0.3 is 5.97 Å². The molecule has 3 aliphatic carbocycles. The summed E-state index contributed by atoms with van der Waals surface area (Å²) in [6, 6.07) is 7.06. The Morgan fingerprint density at radius 3 is 2.23 bits per heavy atom. The maximum Gasteiger partial charge on any atom is 0.306 e. The van der Waals surface area contributed by atoms with E-state index in [1.807, 2.05) is 32.9 Å². The number of aliphatic hydroxyl groups is 1. The van der Waals surface area contributed by atoms with Crippen molar-refractivity contribution in [3.05, 3.63) is 41.7 Å². The third-order valence-corrected chi connectivity index (χ3v) is 15.4. The minimum Gasteiger partial charge on any atom is -0.462 e. The van der Waals surface area contributed by atoms with Crippen LogP contribution < -0.4 is 4.90 Å². The number of ether oxygens (including phenoxy) is 7. The fourth-order valence-electron chi connectivity index (χ4n) is 12.4. The van der Waals surface area contributed by atoms with Gasteiger partial charge in [-0.3, -0.25) is 9.59 Å². The molecule has 61 heavy (non-hydrogen) atoms. The molecule has 1 aromatic rings. The van der Waals surface area contributed by atoms with Crippen LogP contribution in [0.15, 0.2) is 35.9 Å². The second-order valence-electron chi connectivity index (χ2n) is 19.4. The number of nitrogens with zero attached hydrogens (tertiary/aromatic N) is 2. The van der Waals surface area contributed by atoms with Crippen LogP contribution in [0.3, 0.4) is 0 Å². The van der Waals surface area contributed by atoms with Crippen molar-refractivity contribution in [2.75, 3.05) is 40.3 Å². The molecule has 2 saturated carbocycles. The Kier molecular flexibility index (Phi) is 15.0. The predicted octanol–water partition coefficient (Wildman–Crippen LogP) is 6.56. The van der Waals surface area contributed by atoms with Gasteiger partial charge in [-0.25, -0.2) is 4.39 Å². The molecule has 2 unspecified atom stereocenters. The first-order valence-electron chi connectivity index (χ1n) is 23.1. The third kappa shape index (κ3) is 9.51. The van der Waals surface area contributed by atoms with Crippen LogP contribution in [0.5, 0.6) is 0 Å². The fraction of sp³-hybridized carbons (Fsp3) is 0.792. The standard InChI is InChI=1S/C48H73FN2O10/c1-11-30-13-12-14-38(61-40-20-19-37(50(6)7)27(5)58-40)26(4)44(53)36-23-33-32-21-31(60-48(54)47(57-10)46(56-9)45(55-8)25(2)3)22-35(32)42-43(41(33)34(36)24-39(52)59-30)51(42)29-17-15-28(49)16-18-29/h15-18,23,25-27,30-35,37-38,40-43,45-48,54H,11-14,19-22,24H2,1-10H3/t26-,27?,30+,31+,32+,33+,34-,35-,37+,38+,40+,41-,42+,43-,45+,46?,47+,48+,51?/m1/s1. The van der Waals surface area contributed by atoms with Crippen LogP contribution in [-0.2, 0) is 42.7 Å². The zero-order valence-corrected chi connectivity index (χ0v) is 38.1. The molecule has 0 radical (unpaired) electrons. The first-order chi connectivity index (χ1) is 29.2. The van der Waals surface area contributed by atoms with Gasteiger partial charge in [-0.1, -0.05) is 33.8 Å². The van der Waals surface area contributed by atoms with Gasteiger partial charge in [0.1, 0.15) is 24.1 Å². The van der Waals surface area contributed by atoms with E-state index in [1.54, 1.807) is 21.3 Å². The SMILES string of the molecule is CC[C@H]1CCC[C@H](O[C@H]2CC[C@H](N(C)C)C(C)O2)[C@@H](C)C(=O)C2=C[C@H]3[C@@H]4C[C@H](O[C@H](O)[C@@H](OC)C(OC)[C@@H](OC)C(C)C)C[C@H]4[C@H]4[C@@H]([C@H]3[C@@H]2CC(=O)O1)N4c1ccc(F)cc1. The summed E-state index contributed by atoms with van der Waals surface area (Å²) in [6.07, 6.45) is 3.90. The number of fused-ring (bicyclic) bond motifs is 8. The highest BCUT2D eigenvalue weighted by Gasteiger charge is 2.69. The number of carbonyl (C=O) groups excluding carboxylic acids is 2. The first-order valence-corrected chi connectivity index (χ1v) is 23.1. The van der Waals surface area contributed by atoms with Crippen LogP contribution in [0.25, 0.3) is 0 Å². The molecular formula is C48H73FN2O10. The van der Waals surface area contributed by atoms with E-state index in [1.165, 1.54) is 12.1 Å². The molecule has 12 nitrogen and oxygen atoms in total. The van der Waals surface area contributed by atoms with E-state index in [0.717, 1.165) is 24.9 Å². The summed E-state index contributed by atoms with van der Waals surface area (Å²) in [5, 5.41) is 11.6. The van der Waals surface area contributed by atoms with Crippen molar-refractivity contribution in [2.45, 2.75) is 166 Å². The van der Waals surface area contributed by atoms with Crippen LogP contribution >= 0.6 is 0 Å². The number of rotatable bonds is 14. The molecule has 3 saturated heterocycles. The molecule has 0 spiro atoms. The highest BCUT2D eigenvalue weighted by atomic mass is 19.1. The number of ketones is 1. The van der Waals surface area contributed by atoms with E-state index in [2.05, 4.69) is 43.8 Å². The quantitative estimate of drug-likeness (QED) is 0.124. The molecule has 1 aromatic carbocycles. The van der Waals surface area contributed by atoms with Gasteiger partial charge in [-0.05, 0) is 132 Å². The van der Waals surface area contributed by atoms with E-state index in [4.69, 9.17) is 33.2 Å². The van der Waals surface area contributed by atoms with E-state index in [9.17, 15) is 14.3 Å². The van der Waals surface area contributed by atoms with Gasteiger partial charge in [0.15, 0.2) is 18.4 Å². The maximum absolute atomic E-state index is 15.1. The second-order valence-corrected chi connectivity index (χ2v) is 19.4. The van der Waals surface area contributed by atoms with Crippen molar-refractivity contribution in [1.82, 2.24) is 4.90 Å². The van der Waals surface area contributed by atoms with Crippen LogP contribution in [-0.4, -0.2) is 131 Å². The molecule has 5 fully saturated rings. The van der Waals surface area contributed by atoms with E-state index in [0.29, 0.717) is 43.7 Å². The van der Waals surface area contributed by atoms with Gasteiger partial charge in [0.25, 0.3) is 0 Å². The molecule has 0 amide bonds. The number of cyclic esters (lactones) is 1. The Morgan fingerprint density at radius 1 is 0.918 bits per heavy atom. The largest absolute Gasteiger partial charge is 0.462 e. The number of allylic oxidation sites excluding steroid dienone is 2. The maximum atomic E-state index is 15.1. The molecule has 0 bridgehead atoms. The minimum absolute atomic E-state index is 0.00662. The molecule has 0 aromatic heterocycles. The number of carbonyl (C=O) groups is 2. The van der Waals surface area contributed by atoms with Crippen LogP contribution in [0.2, 0.25) is 0 Å². The highest BCUT2D eigenvalue weighted by molar-refractivity contribution is 5.99. The van der Waals surface area contributed by atoms with E-state index in [-0.39, 0.29) is 102 Å². The number of Topliss-reactive ketones (excluding diaryl/α,β-unsaturated/α-hetero) is 1. The molecular weight excluding hydrogens is 784 g/mol. The summed E-state index contributed by atoms with van der Waals surface area (Å²) in [7, 11) is 8.91. The summed E-state index contributed by atoms with van der Waals surface area (Å²) in [5.41, 5.74) is 1.62. The van der Waals surface area contributed by atoms with Crippen molar-refractivity contribution in [2.24, 2.45) is 41.4 Å². The summed E-state index contributed by atoms with van der Waals surface area (Å²) < 4.78 is 57.7. The number of anilines is 1. The van der Waals surface area contributed by atoms with Crippen molar-refractivity contribution in [1.29, 1.82) is 0 Å². The number of methoxy groups -OCH3 is 3. The summed E-state index contributed by atoms with van der Waals surface area (Å²) >= 11 is 0. The Hall–Kier alpha value is -2.49. The zero-order chi connectivity index (χ0) is 43.9. The molecule has 342 valence electrons. The molecule has 18 atom stereocenters. The topological polar surface area (TPSA) is 125 Å². The van der Waals surface area contributed by atoms with Gasteiger partial charge < -0.3 is 48.1 Å². The first kappa shape index (κ1) is 46.5. The Balaban J connectivity index is 1.19. The zero-order valence-electron chi connectivity index (χ0n) is 38.1. The average Bonchev–Trinajstić information content (AvgIpc) is 3.62. The van der Waals surface area contributed by atoms with Crippen LogP contribution in [0.4, 0.5) is 10.1 Å². The smallest absolute Gasteiger partial charge is 0.306 e. The number of benzene rings is 1. The Labute approximate surface area is 363 Å². The number of likely N-dealkylation sites (N-methyl/N-ethyl adjacent to an activating group) is 1. The molecule has 13 heteroatoms. The van der Waals surface area contributed by atoms with Crippen molar-refractivity contribution in [3.63, 3.8) is 0 Å². The number of halogens is 1. The molecule has 7 rings (SSSR count). The van der Waals surface area contributed by atoms with Gasteiger partial charge in [-0.15, -0.1) is 0 Å². The van der Waals surface area contributed by atoms with Crippen molar-refractivity contribution in [3.8, 4) is 0 Å². The molecule has 3 aliphatic heterocycles. The highest BCUT2D eigenvalue weighted by Crippen LogP contribution is 2.65. The molecule has 3 heterocycles. The van der Waals surface area contributed by atoms with Gasteiger partial charge in [0.05, 0.1) is 42.9 Å². The van der Waals surface area contributed by atoms with Crippen LogP contribution in [0, 0.1) is 47.2 Å². The second kappa shape index (κ2) is 19.7. The van der Waals surface area contributed by atoms with Gasteiger partial charge in [0, 0.05) is 44.9 Å². The number of esters is 1. The van der Waals surface area contributed by atoms with Crippen molar-refractivity contribution < 1.29 is 52.2 Å². The Bertz CT molecular complexity index is 1680. The monoisotopic (exact) mass is 857 g/mol. The summed E-state index contributed by atoms with van der Waals surface area (Å²) in [6.45, 7) is 10.2. The third-order valence-electron chi connectivity index (χ3n) is 15.4. The summed E-state index contributed by atoms with van der Waals surface area (Å²) in [4.78, 5) is 33.7. The van der Waals surface area contributed by atoms with Crippen molar-refractivity contribution >= 4 is 17.4 Å². The van der Waals surface area contributed by atoms with E-state index >= 15 is 4.79 Å². The predicted molar refractivity (Wildman–Crippen MR) is 228 cm³/mol. The lowest BCUT2D eigenvalue weighted by atomic mass is 9.66. The molecule has 6 aliphatic rings. The Morgan fingerprint density at radius 2 is 1.61 bits per heavy atom.